The van der Waals surface area contributed by atoms with Gasteiger partial charge in [-0.15, -0.1) is 0 Å². The van der Waals surface area contributed by atoms with Gasteiger partial charge < -0.3 is 10.4 Å². The van der Waals surface area contributed by atoms with Crippen LogP contribution in [0, 0.1) is 5.82 Å². The molecule has 2 N–H and O–H groups in total. The van der Waals surface area contributed by atoms with E-state index in [9.17, 15) is 9.18 Å². The largest absolute Gasteiger partial charge is 0.480 e. The number of hydrogen-bond acceptors (Lipinski definition) is 2. The fourth-order valence-electron chi connectivity index (χ4n) is 1.54. The van der Waals surface area contributed by atoms with Crippen LogP contribution in [0.15, 0.2) is 12.1 Å². The number of rotatable bonds is 6. The Bertz CT molecular complexity index is 440. The molecular formula is C12H14Cl2FNO2. The van der Waals surface area contributed by atoms with E-state index in [1.165, 1.54) is 12.1 Å². The van der Waals surface area contributed by atoms with Gasteiger partial charge in [-0.1, -0.05) is 42.6 Å². The maximum atomic E-state index is 13.1. The fraction of sp³-hybridized carbons (Fsp3) is 0.417. The Morgan fingerprint density at radius 1 is 1.44 bits per heavy atom. The second kappa shape index (κ2) is 6.92. The minimum atomic E-state index is -0.916. The first-order chi connectivity index (χ1) is 8.47. The number of nitrogens with one attached hydrogen (secondary N) is 1. The van der Waals surface area contributed by atoms with E-state index < -0.39 is 17.8 Å². The van der Waals surface area contributed by atoms with Crippen LogP contribution in [0.25, 0.3) is 0 Å². The molecule has 0 amide bonds. The predicted molar refractivity (Wildman–Crippen MR) is 69.6 cm³/mol. The maximum absolute atomic E-state index is 13.1. The zero-order valence-electron chi connectivity index (χ0n) is 9.84. The zero-order valence-corrected chi connectivity index (χ0v) is 11.4. The van der Waals surface area contributed by atoms with E-state index in [2.05, 4.69) is 5.32 Å². The Hall–Kier alpha value is -0.840. The molecule has 0 aliphatic heterocycles. The summed E-state index contributed by atoms with van der Waals surface area (Å²) in [6.07, 6.45) is 1.27. The van der Waals surface area contributed by atoms with Crippen LogP contribution >= 0.6 is 23.2 Å². The van der Waals surface area contributed by atoms with Crippen LogP contribution in [0.2, 0.25) is 10.0 Å². The third-order valence-corrected chi connectivity index (χ3v) is 3.43. The fourth-order valence-corrected chi connectivity index (χ4v) is 1.94. The molecule has 0 aliphatic carbocycles. The lowest BCUT2D eigenvalue weighted by Crippen LogP contribution is -2.36. The summed E-state index contributed by atoms with van der Waals surface area (Å²) in [5.74, 6) is -1.50. The number of halogens is 3. The van der Waals surface area contributed by atoms with Gasteiger partial charge in [0, 0.05) is 6.54 Å². The van der Waals surface area contributed by atoms with Gasteiger partial charge in [-0.05, 0) is 18.1 Å². The van der Waals surface area contributed by atoms with Crippen molar-refractivity contribution in [1.29, 1.82) is 0 Å². The van der Waals surface area contributed by atoms with Crippen LogP contribution in [-0.4, -0.2) is 17.1 Å². The highest BCUT2D eigenvalue weighted by Crippen LogP contribution is 2.28. The van der Waals surface area contributed by atoms with Crippen molar-refractivity contribution in [1.82, 2.24) is 5.32 Å². The monoisotopic (exact) mass is 293 g/mol. The number of hydrogen-bond donors (Lipinski definition) is 2. The van der Waals surface area contributed by atoms with E-state index in [1.54, 1.807) is 0 Å². The van der Waals surface area contributed by atoms with Gasteiger partial charge in [0.1, 0.15) is 11.9 Å². The average Bonchev–Trinajstić information content (AvgIpc) is 2.33. The van der Waals surface area contributed by atoms with Gasteiger partial charge >= 0.3 is 5.97 Å². The molecule has 1 atom stereocenters. The van der Waals surface area contributed by atoms with E-state index in [0.717, 1.165) is 6.42 Å². The number of carboxylic acid groups (broad SMARTS) is 1. The Morgan fingerprint density at radius 3 is 2.67 bits per heavy atom. The van der Waals surface area contributed by atoms with E-state index in [1.807, 2.05) is 6.92 Å². The third kappa shape index (κ3) is 3.83. The highest BCUT2D eigenvalue weighted by atomic mass is 35.5. The summed E-state index contributed by atoms with van der Waals surface area (Å²) in [6.45, 7) is 2.13. The summed E-state index contributed by atoms with van der Waals surface area (Å²) in [4.78, 5) is 10.9. The van der Waals surface area contributed by atoms with Crippen LogP contribution in [0.4, 0.5) is 4.39 Å². The molecule has 0 saturated carbocycles. The molecule has 1 unspecified atom stereocenters. The standard InChI is InChI=1S/C12H14Cl2FNO2/c1-2-3-9(12(17)18)16-6-7-4-5-8(15)11(14)10(7)13/h4-5,9,16H,2-3,6H2,1H3,(H,17,18). The Balaban J connectivity index is 2.73. The summed E-state index contributed by atoms with van der Waals surface area (Å²) in [7, 11) is 0. The van der Waals surface area contributed by atoms with Crippen molar-refractivity contribution < 1.29 is 14.3 Å². The molecule has 0 spiro atoms. The zero-order chi connectivity index (χ0) is 13.7. The van der Waals surface area contributed by atoms with Gasteiger partial charge in [-0.25, -0.2) is 4.39 Å². The summed E-state index contributed by atoms with van der Waals surface area (Å²) >= 11 is 11.6. The molecule has 6 heteroatoms. The lowest BCUT2D eigenvalue weighted by Gasteiger charge is -2.14. The van der Waals surface area contributed by atoms with Crippen molar-refractivity contribution >= 4 is 29.2 Å². The van der Waals surface area contributed by atoms with Crippen LogP contribution in [0.5, 0.6) is 0 Å². The predicted octanol–water partition coefficient (Wildman–Crippen LogP) is 3.48. The molecule has 1 rings (SSSR count). The lowest BCUT2D eigenvalue weighted by atomic mass is 10.1. The van der Waals surface area contributed by atoms with Crippen molar-refractivity contribution in [2.24, 2.45) is 0 Å². The molecule has 100 valence electrons. The summed E-state index contributed by atoms with van der Waals surface area (Å²) in [6, 6.07) is 2.05. The second-order valence-electron chi connectivity index (χ2n) is 3.89. The van der Waals surface area contributed by atoms with Crippen LogP contribution in [0.3, 0.4) is 0 Å². The van der Waals surface area contributed by atoms with E-state index in [0.29, 0.717) is 12.0 Å². The summed E-state index contributed by atoms with van der Waals surface area (Å²) in [5.41, 5.74) is 0.574. The maximum Gasteiger partial charge on any atom is 0.320 e. The first kappa shape index (κ1) is 15.2. The van der Waals surface area contributed by atoms with E-state index in [4.69, 9.17) is 28.3 Å². The molecule has 0 aliphatic rings. The Morgan fingerprint density at radius 2 is 2.11 bits per heavy atom. The molecule has 1 aromatic carbocycles. The first-order valence-corrected chi connectivity index (χ1v) is 6.31. The number of aliphatic carboxylic acids is 1. The van der Waals surface area contributed by atoms with Gasteiger partial charge in [0.2, 0.25) is 0 Å². The second-order valence-corrected chi connectivity index (χ2v) is 4.65. The quantitative estimate of drug-likeness (QED) is 0.790. The molecule has 1 aromatic rings. The topological polar surface area (TPSA) is 49.3 Å². The van der Waals surface area contributed by atoms with Crippen LogP contribution in [-0.2, 0) is 11.3 Å². The number of carboxylic acids is 1. The van der Waals surface area contributed by atoms with Crippen molar-refractivity contribution in [2.45, 2.75) is 32.4 Å². The highest BCUT2D eigenvalue weighted by molar-refractivity contribution is 6.42. The van der Waals surface area contributed by atoms with Gasteiger partial charge in [0.15, 0.2) is 0 Å². The molecular weight excluding hydrogens is 280 g/mol. The average molecular weight is 294 g/mol. The van der Waals surface area contributed by atoms with Crippen molar-refractivity contribution in [3.63, 3.8) is 0 Å². The minimum Gasteiger partial charge on any atom is -0.480 e. The minimum absolute atomic E-state index is 0.116. The smallest absolute Gasteiger partial charge is 0.320 e. The van der Waals surface area contributed by atoms with E-state index in [-0.39, 0.29) is 16.6 Å². The molecule has 0 radical (unpaired) electrons. The third-order valence-electron chi connectivity index (χ3n) is 2.53. The van der Waals surface area contributed by atoms with Gasteiger partial charge in [0.05, 0.1) is 10.0 Å². The molecule has 0 heterocycles. The Labute approximate surface area is 115 Å². The van der Waals surface area contributed by atoms with Crippen LogP contribution < -0.4 is 5.32 Å². The van der Waals surface area contributed by atoms with Crippen LogP contribution in [0.1, 0.15) is 25.3 Å². The molecule has 0 aromatic heterocycles. The Kier molecular flexibility index (Phi) is 5.85. The molecule has 0 bridgehead atoms. The highest BCUT2D eigenvalue weighted by Gasteiger charge is 2.17. The summed E-state index contributed by atoms with van der Waals surface area (Å²) in [5, 5.41) is 11.8. The first-order valence-electron chi connectivity index (χ1n) is 5.56. The molecule has 18 heavy (non-hydrogen) atoms. The molecule has 0 saturated heterocycles. The molecule has 0 fully saturated rings. The molecule has 3 nitrogen and oxygen atoms in total. The normalized spacial score (nSPS) is 12.4. The summed E-state index contributed by atoms with van der Waals surface area (Å²) < 4.78 is 13.1. The van der Waals surface area contributed by atoms with Gasteiger partial charge in [-0.2, -0.15) is 0 Å². The van der Waals surface area contributed by atoms with Crippen molar-refractivity contribution in [3.05, 3.63) is 33.6 Å². The number of benzene rings is 1. The van der Waals surface area contributed by atoms with Crippen molar-refractivity contribution in [2.75, 3.05) is 0 Å². The number of carbonyl (C=O) groups is 1. The van der Waals surface area contributed by atoms with Crippen molar-refractivity contribution in [3.8, 4) is 0 Å². The van der Waals surface area contributed by atoms with Gasteiger partial charge in [0.25, 0.3) is 0 Å². The van der Waals surface area contributed by atoms with Gasteiger partial charge in [-0.3, -0.25) is 4.79 Å². The van der Waals surface area contributed by atoms with E-state index >= 15 is 0 Å². The lowest BCUT2D eigenvalue weighted by molar-refractivity contribution is -0.139. The SMILES string of the molecule is CCCC(NCc1ccc(F)c(Cl)c1Cl)C(=O)O.